The van der Waals surface area contributed by atoms with E-state index in [2.05, 4.69) is 10.6 Å². The lowest BCUT2D eigenvalue weighted by Crippen LogP contribution is -2.52. The Bertz CT molecular complexity index is 579. The summed E-state index contributed by atoms with van der Waals surface area (Å²) in [6, 6.07) is 7.59. The molecule has 0 spiro atoms. The molecule has 1 saturated carbocycles. The van der Waals surface area contributed by atoms with E-state index in [9.17, 15) is 9.59 Å². The lowest BCUT2D eigenvalue weighted by Gasteiger charge is -2.32. The lowest BCUT2D eigenvalue weighted by atomic mass is 10.1. The normalized spacial score (nSPS) is 20.4. The van der Waals surface area contributed by atoms with Crippen LogP contribution in [0.5, 0.6) is 0 Å². The summed E-state index contributed by atoms with van der Waals surface area (Å²) in [5.41, 5.74) is 1.49. The Hall–Kier alpha value is -1.88. The van der Waals surface area contributed by atoms with Gasteiger partial charge >= 0.3 is 0 Å². The van der Waals surface area contributed by atoms with Gasteiger partial charge in [0, 0.05) is 6.04 Å². The summed E-state index contributed by atoms with van der Waals surface area (Å²) < 4.78 is 0. The smallest absolute Gasteiger partial charge is 0.244 e. The first-order valence-electron chi connectivity index (χ1n) is 8.61. The molecule has 23 heavy (non-hydrogen) atoms. The van der Waals surface area contributed by atoms with Crippen molar-refractivity contribution in [3.63, 3.8) is 0 Å². The number of fused-ring (bicyclic) bond motifs is 1. The molecule has 0 saturated heterocycles. The molecule has 0 radical (unpaired) electrons. The summed E-state index contributed by atoms with van der Waals surface area (Å²) in [6.45, 7) is 1.99. The van der Waals surface area contributed by atoms with Crippen molar-refractivity contribution in [2.75, 3.05) is 16.8 Å². The number of anilines is 2. The quantitative estimate of drug-likeness (QED) is 0.843. The standard InChI is InChI=1S/C18H25N3O2/c1-13(19-14-8-4-2-3-5-9-14)18(23)21-12-17(22)20-15-10-6-7-11-16(15)21/h6-7,10-11,13-14,19H,2-5,8-9,12H2,1H3,(H,20,22)/t13-/m0/s1. The van der Waals surface area contributed by atoms with E-state index < -0.39 is 0 Å². The van der Waals surface area contributed by atoms with Crippen LogP contribution in [0.4, 0.5) is 11.4 Å². The van der Waals surface area contributed by atoms with E-state index in [-0.39, 0.29) is 24.4 Å². The number of carbonyl (C=O) groups is 2. The Labute approximate surface area is 137 Å². The van der Waals surface area contributed by atoms with Crippen molar-refractivity contribution < 1.29 is 9.59 Å². The maximum absolute atomic E-state index is 12.8. The van der Waals surface area contributed by atoms with E-state index in [1.165, 1.54) is 25.7 Å². The minimum Gasteiger partial charge on any atom is -0.323 e. The molecule has 1 aromatic rings. The molecule has 0 aromatic heterocycles. The number of hydrogen-bond acceptors (Lipinski definition) is 3. The van der Waals surface area contributed by atoms with Gasteiger partial charge in [0.25, 0.3) is 0 Å². The van der Waals surface area contributed by atoms with E-state index in [0.29, 0.717) is 11.7 Å². The Morgan fingerprint density at radius 2 is 1.91 bits per heavy atom. The summed E-state index contributed by atoms with van der Waals surface area (Å²) in [5, 5.41) is 6.30. The van der Waals surface area contributed by atoms with E-state index >= 15 is 0 Å². The highest BCUT2D eigenvalue weighted by Gasteiger charge is 2.30. The number of hydrogen-bond donors (Lipinski definition) is 2. The van der Waals surface area contributed by atoms with Crippen molar-refractivity contribution in [2.45, 2.75) is 57.5 Å². The topological polar surface area (TPSA) is 61.4 Å². The largest absolute Gasteiger partial charge is 0.323 e. The fourth-order valence-corrected chi connectivity index (χ4v) is 3.53. The van der Waals surface area contributed by atoms with Gasteiger partial charge in [0.1, 0.15) is 6.54 Å². The van der Waals surface area contributed by atoms with Crippen LogP contribution >= 0.6 is 0 Å². The summed E-state index contributed by atoms with van der Waals surface area (Å²) in [6.07, 6.45) is 7.31. The fourth-order valence-electron chi connectivity index (χ4n) is 3.53. The van der Waals surface area contributed by atoms with E-state index in [1.807, 2.05) is 31.2 Å². The maximum Gasteiger partial charge on any atom is 0.244 e. The molecule has 2 amide bonds. The SMILES string of the molecule is C[C@H](NC1CCCCCC1)C(=O)N1CC(=O)Nc2ccccc21. The van der Waals surface area contributed by atoms with Crippen molar-refractivity contribution in [1.82, 2.24) is 5.32 Å². The predicted molar refractivity (Wildman–Crippen MR) is 91.5 cm³/mol. The van der Waals surface area contributed by atoms with E-state index in [1.54, 1.807) is 4.90 Å². The van der Waals surface area contributed by atoms with Gasteiger partial charge in [0.2, 0.25) is 11.8 Å². The number of benzene rings is 1. The first-order valence-corrected chi connectivity index (χ1v) is 8.61. The molecule has 124 valence electrons. The Morgan fingerprint density at radius 3 is 2.65 bits per heavy atom. The number of amides is 2. The number of rotatable bonds is 3. The Balaban J connectivity index is 1.70. The lowest BCUT2D eigenvalue weighted by molar-refractivity contribution is -0.123. The average Bonchev–Trinajstić information content (AvgIpc) is 2.82. The van der Waals surface area contributed by atoms with Crippen LogP contribution in [-0.2, 0) is 9.59 Å². The van der Waals surface area contributed by atoms with Gasteiger partial charge < -0.3 is 10.6 Å². The highest BCUT2D eigenvalue weighted by Crippen LogP contribution is 2.29. The number of para-hydroxylation sites is 2. The van der Waals surface area contributed by atoms with Crippen LogP contribution in [0.2, 0.25) is 0 Å². The molecule has 3 rings (SSSR count). The van der Waals surface area contributed by atoms with Crippen LogP contribution in [-0.4, -0.2) is 30.4 Å². The third-order valence-corrected chi connectivity index (χ3v) is 4.75. The van der Waals surface area contributed by atoms with Crippen molar-refractivity contribution in [3.8, 4) is 0 Å². The zero-order chi connectivity index (χ0) is 16.2. The van der Waals surface area contributed by atoms with Gasteiger partial charge in [0.15, 0.2) is 0 Å². The first kappa shape index (κ1) is 16.0. The van der Waals surface area contributed by atoms with Crippen molar-refractivity contribution >= 4 is 23.2 Å². The number of carbonyl (C=O) groups excluding carboxylic acids is 2. The van der Waals surface area contributed by atoms with Crippen LogP contribution in [0.1, 0.15) is 45.4 Å². The molecule has 1 aliphatic heterocycles. The van der Waals surface area contributed by atoms with Gasteiger partial charge in [0.05, 0.1) is 17.4 Å². The summed E-state index contributed by atoms with van der Waals surface area (Å²) in [7, 11) is 0. The monoisotopic (exact) mass is 315 g/mol. The van der Waals surface area contributed by atoms with Crippen LogP contribution in [0.3, 0.4) is 0 Å². The van der Waals surface area contributed by atoms with Crippen LogP contribution in [0.25, 0.3) is 0 Å². The molecule has 1 atom stereocenters. The second-order valence-corrected chi connectivity index (χ2v) is 6.57. The molecule has 0 unspecified atom stereocenters. The molecule has 5 heteroatoms. The molecule has 5 nitrogen and oxygen atoms in total. The average molecular weight is 315 g/mol. The minimum absolute atomic E-state index is 0.0310. The molecule has 0 bridgehead atoms. The van der Waals surface area contributed by atoms with Gasteiger partial charge in [-0.3, -0.25) is 14.5 Å². The molecule has 2 aliphatic rings. The second kappa shape index (κ2) is 7.13. The third kappa shape index (κ3) is 3.72. The van der Waals surface area contributed by atoms with Gasteiger partial charge in [-0.15, -0.1) is 0 Å². The zero-order valence-corrected chi connectivity index (χ0v) is 13.7. The molecule has 2 N–H and O–H groups in total. The van der Waals surface area contributed by atoms with E-state index in [4.69, 9.17) is 0 Å². The molecule has 1 aromatic carbocycles. The zero-order valence-electron chi connectivity index (χ0n) is 13.7. The fraction of sp³-hybridized carbons (Fsp3) is 0.556. The van der Waals surface area contributed by atoms with Gasteiger partial charge in [-0.05, 0) is 31.9 Å². The van der Waals surface area contributed by atoms with Crippen LogP contribution < -0.4 is 15.5 Å². The maximum atomic E-state index is 12.8. The summed E-state index contributed by atoms with van der Waals surface area (Å²) in [4.78, 5) is 26.3. The predicted octanol–water partition coefficient (Wildman–Crippen LogP) is 2.67. The molecular formula is C18H25N3O2. The van der Waals surface area contributed by atoms with Crippen LogP contribution in [0, 0.1) is 0 Å². The van der Waals surface area contributed by atoms with Gasteiger partial charge in [-0.1, -0.05) is 37.8 Å². The second-order valence-electron chi connectivity index (χ2n) is 6.57. The molecule has 1 aliphatic carbocycles. The third-order valence-electron chi connectivity index (χ3n) is 4.75. The van der Waals surface area contributed by atoms with Gasteiger partial charge in [-0.2, -0.15) is 0 Å². The van der Waals surface area contributed by atoms with Crippen molar-refractivity contribution in [2.24, 2.45) is 0 Å². The number of nitrogens with zero attached hydrogens (tertiary/aromatic N) is 1. The molecule has 1 fully saturated rings. The molecule has 1 heterocycles. The highest BCUT2D eigenvalue weighted by atomic mass is 16.2. The first-order chi connectivity index (χ1) is 11.1. The Kier molecular flexibility index (Phi) is 4.96. The van der Waals surface area contributed by atoms with Crippen molar-refractivity contribution in [1.29, 1.82) is 0 Å². The minimum atomic E-state index is -0.281. The summed E-state index contributed by atoms with van der Waals surface area (Å²) in [5.74, 6) is -0.171. The number of nitrogens with one attached hydrogen (secondary N) is 2. The molecular weight excluding hydrogens is 290 g/mol. The van der Waals surface area contributed by atoms with Crippen molar-refractivity contribution in [3.05, 3.63) is 24.3 Å². The Morgan fingerprint density at radius 1 is 1.22 bits per heavy atom. The summed E-state index contributed by atoms with van der Waals surface area (Å²) >= 11 is 0. The highest BCUT2D eigenvalue weighted by molar-refractivity contribution is 6.11. The van der Waals surface area contributed by atoms with E-state index in [0.717, 1.165) is 18.5 Å². The van der Waals surface area contributed by atoms with Crippen LogP contribution in [0.15, 0.2) is 24.3 Å². The van der Waals surface area contributed by atoms with Gasteiger partial charge in [-0.25, -0.2) is 0 Å².